The lowest BCUT2D eigenvalue weighted by Crippen LogP contribution is -2.14. The van der Waals surface area contributed by atoms with Crippen LogP contribution in [0.1, 0.15) is 29.5 Å². The largest absolute Gasteiger partial charge is 0.486 e. The van der Waals surface area contributed by atoms with Gasteiger partial charge in [0.05, 0.1) is 18.8 Å². The van der Waals surface area contributed by atoms with Crippen LogP contribution in [0.25, 0.3) is 0 Å². The number of amides is 1. The second kappa shape index (κ2) is 11.7. The smallest absolute Gasteiger partial charge is 0.228 e. The lowest BCUT2D eigenvalue weighted by atomic mass is 10.1. The molecule has 4 aromatic rings. The van der Waals surface area contributed by atoms with Gasteiger partial charge in [0.15, 0.2) is 5.75 Å². The highest BCUT2D eigenvalue weighted by Crippen LogP contribution is 2.32. The third-order valence-electron chi connectivity index (χ3n) is 6.04. The molecule has 0 spiro atoms. The normalized spacial score (nSPS) is 12.9. The predicted molar refractivity (Wildman–Crippen MR) is 146 cm³/mol. The average Bonchev–Trinajstić information content (AvgIpc) is 3.59. The van der Waals surface area contributed by atoms with Crippen LogP contribution in [0.3, 0.4) is 0 Å². The number of aromatic nitrogens is 2. The van der Waals surface area contributed by atoms with Gasteiger partial charge in [0.25, 0.3) is 0 Å². The zero-order valence-corrected chi connectivity index (χ0v) is 21.5. The summed E-state index contributed by atoms with van der Waals surface area (Å²) in [4.78, 5) is 13.8. The molecule has 7 heteroatoms. The summed E-state index contributed by atoms with van der Waals surface area (Å²) in [6.07, 6.45) is 6.56. The lowest BCUT2D eigenvalue weighted by Gasteiger charge is -2.13. The summed E-state index contributed by atoms with van der Waals surface area (Å²) in [5, 5.41) is 8.04. The third kappa shape index (κ3) is 6.93. The van der Waals surface area contributed by atoms with Crippen LogP contribution in [0.15, 0.2) is 90.1 Å². The molecule has 0 radical (unpaired) electrons. The Kier molecular flexibility index (Phi) is 7.94. The van der Waals surface area contributed by atoms with Crippen LogP contribution < -0.4 is 10.1 Å². The SMILES string of the molecule is O=C(Cc1ccccc1Cl)Nc1ccc(COc2cnn(CC3CC3)c2)c(SCc2ccccc2)c1. The minimum absolute atomic E-state index is 0.103. The molecule has 0 saturated heterocycles. The average molecular weight is 518 g/mol. The summed E-state index contributed by atoms with van der Waals surface area (Å²) in [6, 6.07) is 23.7. The van der Waals surface area contributed by atoms with Crippen LogP contribution in [0.2, 0.25) is 5.02 Å². The third-order valence-corrected chi connectivity index (χ3v) is 7.58. The molecule has 3 aromatic carbocycles. The number of carbonyl (C=O) groups is 1. The predicted octanol–water partition coefficient (Wildman–Crippen LogP) is 7.00. The van der Waals surface area contributed by atoms with E-state index >= 15 is 0 Å². The number of hydrogen-bond acceptors (Lipinski definition) is 4. The Morgan fingerprint density at radius 1 is 1.06 bits per heavy atom. The molecule has 184 valence electrons. The quantitative estimate of drug-likeness (QED) is 0.218. The van der Waals surface area contributed by atoms with Crippen molar-refractivity contribution in [2.45, 2.75) is 43.1 Å². The van der Waals surface area contributed by atoms with Gasteiger partial charge < -0.3 is 10.1 Å². The van der Waals surface area contributed by atoms with Crippen molar-refractivity contribution in [1.82, 2.24) is 9.78 Å². The molecule has 36 heavy (non-hydrogen) atoms. The number of carbonyl (C=O) groups excluding carboxylic acids is 1. The molecule has 0 bridgehead atoms. The van der Waals surface area contributed by atoms with Gasteiger partial charge in [-0.1, -0.05) is 66.2 Å². The van der Waals surface area contributed by atoms with E-state index in [1.807, 2.05) is 65.5 Å². The fourth-order valence-corrected chi connectivity index (χ4v) is 5.13. The zero-order chi connectivity index (χ0) is 24.7. The van der Waals surface area contributed by atoms with Gasteiger partial charge in [0.1, 0.15) is 6.61 Å². The van der Waals surface area contributed by atoms with Crippen molar-refractivity contribution in [2.24, 2.45) is 5.92 Å². The van der Waals surface area contributed by atoms with E-state index in [1.54, 1.807) is 24.0 Å². The number of anilines is 1. The number of nitrogens with one attached hydrogen (secondary N) is 1. The Labute approximate surface area is 220 Å². The first-order valence-corrected chi connectivity index (χ1v) is 13.5. The number of hydrogen-bond donors (Lipinski definition) is 1. The molecule has 1 aromatic heterocycles. The molecule has 1 aliphatic carbocycles. The molecular formula is C29H28ClN3O2S. The summed E-state index contributed by atoms with van der Waals surface area (Å²) in [6.45, 7) is 1.39. The van der Waals surface area contributed by atoms with Crippen LogP contribution in [0.5, 0.6) is 5.75 Å². The number of thioether (sulfide) groups is 1. The molecule has 0 unspecified atom stereocenters. The van der Waals surface area contributed by atoms with E-state index in [-0.39, 0.29) is 12.3 Å². The van der Waals surface area contributed by atoms with E-state index in [0.717, 1.165) is 45.7 Å². The van der Waals surface area contributed by atoms with E-state index in [2.05, 4.69) is 22.5 Å². The van der Waals surface area contributed by atoms with Gasteiger partial charge in [-0.2, -0.15) is 5.10 Å². The van der Waals surface area contributed by atoms with Crippen molar-refractivity contribution in [3.8, 4) is 5.75 Å². The summed E-state index contributed by atoms with van der Waals surface area (Å²) in [5.74, 6) is 2.25. The highest BCUT2D eigenvalue weighted by Gasteiger charge is 2.22. The minimum Gasteiger partial charge on any atom is -0.486 e. The van der Waals surface area contributed by atoms with Gasteiger partial charge in [-0.3, -0.25) is 9.48 Å². The highest BCUT2D eigenvalue weighted by atomic mass is 35.5. The maximum absolute atomic E-state index is 12.7. The standard InChI is InChI=1S/C29H28ClN3O2S/c30-27-9-5-4-8-23(27)14-29(34)32-25-13-12-24(28(15-25)36-20-22-6-2-1-3-7-22)19-35-26-16-31-33(18-26)17-21-10-11-21/h1-9,12-13,15-16,18,21H,10-11,14,17,19-20H2,(H,32,34). The Balaban J connectivity index is 1.27. The van der Waals surface area contributed by atoms with Gasteiger partial charge in [0, 0.05) is 33.5 Å². The maximum Gasteiger partial charge on any atom is 0.228 e. The van der Waals surface area contributed by atoms with E-state index in [9.17, 15) is 4.79 Å². The van der Waals surface area contributed by atoms with Gasteiger partial charge in [-0.05, 0) is 48.1 Å². The van der Waals surface area contributed by atoms with E-state index < -0.39 is 0 Å². The van der Waals surface area contributed by atoms with E-state index in [4.69, 9.17) is 16.3 Å². The molecule has 1 amide bonds. The molecule has 1 saturated carbocycles. The molecule has 1 N–H and O–H groups in total. The summed E-state index contributed by atoms with van der Waals surface area (Å²) >= 11 is 7.96. The molecule has 1 aliphatic rings. The first kappa shape index (κ1) is 24.5. The number of ether oxygens (including phenoxy) is 1. The minimum atomic E-state index is -0.103. The molecule has 5 rings (SSSR count). The van der Waals surface area contributed by atoms with E-state index in [0.29, 0.717) is 11.6 Å². The zero-order valence-electron chi connectivity index (χ0n) is 19.9. The Morgan fingerprint density at radius 2 is 1.86 bits per heavy atom. The van der Waals surface area contributed by atoms with Crippen LogP contribution in [-0.2, 0) is 30.1 Å². The number of rotatable bonds is 11. The number of benzene rings is 3. The fourth-order valence-electron chi connectivity index (χ4n) is 3.89. The van der Waals surface area contributed by atoms with Crippen LogP contribution in [0, 0.1) is 5.92 Å². The maximum atomic E-state index is 12.7. The first-order chi connectivity index (χ1) is 17.6. The molecule has 1 heterocycles. The first-order valence-electron chi connectivity index (χ1n) is 12.1. The van der Waals surface area contributed by atoms with Crippen molar-refractivity contribution >= 4 is 35.0 Å². The van der Waals surface area contributed by atoms with Crippen molar-refractivity contribution in [2.75, 3.05) is 5.32 Å². The lowest BCUT2D eigenvalue weighted by molar-refractivity contribution is -0.115. The van der Waals surface area contributed by atoms with Gasteiger partial charge in [-0.15, -0.1) is 11.8 Å². The van der Waals surface area contributed by atoms with Crippen molar-refractivity contribution in [3.05, 3.63) is 107 Å². The van der Waals surface area contributed by atoms with E-state index in [1.165, 1.54) is 18.4 Å². The van der Waals surface area contributed by atoms with Gasteiger partial charge in [0.2, 0.25) is 5.91 Å². The van der Waals surface area contributed by atoms with Crippen molar-refractivity contribution in [3.63, 3.8) is 0 Å². The molecule has 0 atom stereocenters. The Bertz CT molecular complexity index is 1320. The van der Waals surface area contributed by atoms with Gasteiger partial charge in [-0.25, -0.2) is 0 Å². The second-order valence-electron chi connectivity index (χ2n) is 9.04. The van der Waals surface area contributed by atoms with Gasteiger partial charge >= 0.3 is 0 Å². The molecular weight excluding hydrogens is 490 g/mol. The Morgan fingerprint density at radius 3 is 2.67 bits per heavy atom. The monoisotopic (exact) mass is 517 g/mol. The van der Waals surface area contributed by atoms with Crippen LogP contribution in [0.4, 0.5) is 5.69 Å². The van der Waals surface area contributed by atoms with Crippen LogP contribution in [-0.4, -0.2) is 15.7 Å². The van der Waals surface area contributed by atoms with Crippen LogP contribution >= 0.6 is 23.4 Å². The molecule has 1 fully saturated rings. The second-order valence-corrected chi connectivity index (χ2v) is 10.5. The summed E-state index contributed by atoms with van der Waals surface area (Å²) in [5.41, 5.74) is 3.87. The highest BCUT2D eigenvalue weighted by molar-refractivity contribution is 7.98. The number of nitrogens with zero attached hydrogens (tertiary/aromatic N) is 2. The Hall–Kier alpha value is -3.22. The summed E-state index contributed by atoms with van der Waals surface area (Å²) < 4.78 is 8.05. The number of halogens is 1. The fraction of sp³-hybridized carbons (Fsp3) is 0.241. The molecule has 5 nitrogen and oxygen atoms in total. The topological polar surface area (TPSA) is 56.1 Å². The van der Waals surface area contributed by atoms with Crippen molar-refractivity contribution in [1.29, 1.82) is 0 Å². The van der Waals surface area contributed by atoms with Crippen molar-refractivity contribution < 1.29 is 9.53 Å². The molecule has 0 aliphatic heterocycles. The summed E-state index contributed by atoms with van der Waals surface area (Å²) in [7, 11) is 0.